The topological polar surface area (TPSA) is 65.1 Å². The maximum atomic E-state index is 13.8. The molecule has 5 saturated carbocycles. The van der Waals surface area contributed by atoms with Gasteiger partial charge in [0.2, 0.25) is 0 Å². The third-order valence-corrected chi connectivity index (χ3v) is 14.5. The second-order valence-electron chi connectivity index (χ2n) is 16.6. The van der Waals surface area contributed by atoms with E-state index in [2.05, 4.69) is 48.5 Å². The number of carbonyl (C=O) groups excluding carboxylic acids is 2. The number of hydrogen-bond donors (Lipinski definition) is 0. The van der Waals surface area contributed by atoms with Crippen LogP contribution in [0.25, 0.3) is 0 Å². The summed E-state index contributed by atoms with van der Waals surface area (Å²) in [5.41, 5.74) is -0.559. The summed E-state index contributed by atoms with van der Waals surface area (Å²) in [6.07, 6.45) is 9.61. The van der Waals surface area contributed by atoms with Crippen LogP contribution in [0.4, 0.5) is 0 Å². The predicted octanol–water partition coefficient (Wildman–Crippen LogP) is 6.47. The van der Waals surface area contributed by atoms with E-state index in [1.54, 1.807) is 6.92 Å². The number of hydrogen-bond acceptors (Lipinski definition) is 5. The monoisotopic (exact) mass is 512 g/mol. The van der Waals surface area contributed by atoms with Crippen LogP contribution in [0.1, 0.15) is 113 Å². The van der Waals surface area contributed by atoms with Crippen molar-refractivity contribution in [3.8, 4) is 0 Å². The van der Waals surface area contributed by atoms with E-state index in [9.17, 15) is 9.59 Å². The van der Waals surface area contributed by atoms with Gasteiger partial charge in [-0.15, -0.1) is 0 Å². The Morgan fingerprint density at radius 1 is 0.892 bits per heavy atom. The van der Waals surface area contributed by atoms with Crippen LogP contribution >= 0.6 is 0 Å². The standard InChI is InChI=1S/C32H48O5/c1-18(33)35-21-10-11-28(6)19(27(21,4)5)9-12-29(7)23(28)22-24(36-22)32-20-17-26(2,3)13-15-31(20,25(34)37-32)16-14-30(29,32)8/h19-24H,9-17H2,1-8H3/t19-,20-,21-,22-,23+,24-,28-,29+,30-,31-,32+/m0/s1. The second-order valence-corrected chi connectivity index (χ2v) is 16.6. The predicted molar refractivity (Wildman–Crippen MR) is 139 cm³/mol. The first kappa shape index (κ1) is 24.9. The van der Waals surface area contributed by atoms with E-state index in [1.165, 1.54) is 0 Å². The van der Waals surface area contributed by atoms with Crippen LogP contribution in [0.15, 0.2) is 0 Å². The zero-order valence-electron chi connectivity index (χ0n) is 24.4. The number of fused-ring (bicyclic) bond motifs is 6. The van der Waals surface area contributed by atoms with Gasteiger partial charge in [0.15, 0.2) is 5.60 Å². The van der Waals surface area contributed by atoms with Crippen molar-refractivity contribution in [3.63, 3.8) is 0 Å². The maximum Gasteiger partial charge on any atom is 0.313 e. The van der Waals surface area contributed by atoms with E-state index in [0.717, 1.165) is 57.8 Å². The molecule has 11 atom stereocenters. The van der Waals surface area contributed by atoms with Crippen molar-refractivity contribution >= 4 is 11.9 Å². The molecule has 0 N–H and O–H groups in total. The molecular weight excluding hydrogens is 464 g/mol. The minimum atomic E-state index is -0.483. The van der Waals surface area contributed by atoms with E-state index >= 15 is 0 Å². The molecule has 2 bridgehead atoms. The lowest BCUT2D eigenvalue weighted by molar-refractivity contribution is -0.274. The summed E-state index contributed by atoms with van der Waals surface area (Å²) in [6, 6.07) is 0. The summed E-state index contributed by atoms with van der Waals surface area (Å²) in [6.45, 7) is 18.6. The molecule has 1 spiro atoms. The smallest absolute Gasteiger partial charge is 0.313 e. The number of carbonyl (C=O) groups is 2. The van der Waals surface area contributed by atoms with Gasteiger partial charge in [0.1, 0.15) is 12.2 Å². The SMILES string of the molecule is CC(=O)O[C@H]1CC[C@]2(C)[C@H]3[C@@H]4O[C@@H]4[C@]45OC(=O)[C@@]6(CCC(C)(C)C[C@@H]64)CC[C@@]5(C)[C@]3(C)CC[C@H]2C1(C)C. The lowest BCUT2D eigenvalue weighted by Crippen LogP contribution is -2.74. The average Bonchev–Trinajstić information content (AvgIpc) is 3.54. The van der Waals surface area contributed by atoms with Gasteiger partial charge >= 0.3 is 11.9 Å². The summed E-state index contributed by atoms with van der Waals surface area (Å²) in [4.78, 5) is 25.8. The number of rotatable bonds is 1. The first-order valence-electron chi connectivity index (χ1n) is 15.2. The van der Waals surface area contributed by atoms with Crippen molar-refractivity contribution < 1.29 is 23.8 Å². The van der Waals surface area contributed by atoms with Gasteiger partial charge in [-0.3, -0.25) is 9.59 Å². The Morgan fingerprint density at radius 3 is 2.30 bits per heavy atom. The molecule has 7 aliphatic rings. The molecular formula is C32H48O5. The van der Waals surface area contributed by atoms with Crippen LogP contribution in [0.5, 0.6) is 0 Å². The van der Waals surface area contributed by atoms with Crippen LogP contribution in [-0.4, -0.2) is 35.9 Å². The fourth-order valence-corrected chi connectivity index (χ4v) is 12.5. The van der Waals surface area contributed by atoms with E-state index in [1.807, 2.05) is 0 Å². The molecule has 2 aliphatic heterocycles. The van der Waals surface area contributed by atoms with E-state index in [-0.39, 0.29) is 68.7 Å². The first-order chi connectivity index (χ1) is 17.1. The molecule has 2 heterocycles. The van der Waals surface area contributed by atoms with E-state index < -0.39 is 5.60 Å². The fourth-order valence-electron chi connectivity index (χ4n) is 12.5. The van der Waals surface area contributed by atoms with Crippen molar-refractivity contribution in [2.75, 3.05) is 0 Å². The highest BCUT2D eigenvalue weighted by molar-refractivity contribution is 5.82. The number of esters is 2. The van der Waals surface area contributed by atoms with Gasteiger partial charge in [0.25, 0.3) is 0 Å². The van der Waals surface area contributed by atoms with Crippen molar-refractivity contribution in [3.05, 3.63) is 0 Å². The van der Waals surface area contributed by atoms with E-state index in [0.29, 0.717) is 11.8 Å². The fraction of sp³-hybridized carbons (Fsp3) is 0.938. The zero-order valence-corrected chi connectivity index (χ0v) is 24.4. The second kappa shape index (κ2) is 6.78. The highest BCUT2D eigenvalue weighted by Gasteiger charge is 2.89. The highest BCUT2D eigenvalue weighted by atomic mass is 16.6. The molecule has 2 saturated heterocycles. The van der Waals surface area contributed by atoms with Crippen molar-refractivity contribution in [2.24, 2.45) is 50.2 Å². The van der Waals surface area contributed by atoms with Gasteiger partial charge < -0.3 is 14.2 Å². The largest absolute Gasteiger partial charge is 0.462 e. The normalized spacial score (nSPS) is 58.0. The van der Waals surface area contributed by atoms with Gasteiger partial charge in [-0.25, -0.2) is 0 Å². The quantitative estimate of drug-likeness (QED) is 0.298. The molecule has 0 aromatic rings. The Balaban J connectivity index is 1.33. The molecule has 0 unspecified atom stereocenters. The minimum absolute atomic E-state index is 0.0237. The molecule has 0 amide bonds. The van der Waals surface area contributed by atoms with Gasteiger partial charge in [-0.1, -0.05) is 48.5 Å². The van der Waals surface area contributed by atoms with Gasteiger partial charge in [0.05, 0.1) is 11.5 Å². The minimum Gasteiger partial charge on any atom is -0.462 e. The molecule has 5 heteroatoms. The number of epoxide rings is 1. The lowest BCUT2D eigenvalue weighted by atomic mass is 9.31. The van der Waals surface area contributed by atoms with Crippen molar-refractivity contribution in [1.29, 1.82) is 0 Å². The van der Waals surface area contributed by atoms with Crippen LogP contribution in [0.3, 0.4) is 0 Å². The van der Waals surface area contributed by atoms with Crippen molar-refractivity contribution in [1.82, 2.24) is 0 Å². The summed E-state index contributed by atoms with van der Waals surface area (Å²) in [7, 11) is 0. The Labute approximate surface area is 223 Å². The molecule has 5 aliphatic carbocycles. The Morgan fingerprint density at radius 2 is 1.59 bits per heavy atom. The van der Waals surface area contributed by atoms with Gasteiger partial charge in [0, 0.05) is 23.7 Å². The maximum absolute atomic E-state index is 13.8. The van der Waals surface area contributed by atoms with Crippen molar-refractivity contribution in [2.45, 2.75) is 137 Å². The van der Waals surface area contributed by atoms with Crippen LogP contribution < -0.4 is 0 Å². The molecule has 0 radical (unpaired) electrons. The molecule has 37 heavy (non-hydrogen) atoms. The zero-order chi connectivity index (χ0) is 26.6. The van der Waals surface area contributed by atoms with Gasteiger partial charge in [-0.05, 0) is 85.9 Å². The summed E-state index contributed by atoms with van der Waals surface area (Å²) >= 11 is 0. The molecule has 7 fully saturated rings. The highest BCUT2D eigenvalue weighted by Crippen LogP contribution is 2.83. The van der Waals surface area contributed by atoms with Gasteiger partial charge in [-0.2, -0.15) is 0 Å². The third-order valence-electron chi connectivity index (χ3n) is 14.5. The summed E-state index contributed by atoms with van der Waals surface area (Å²) in [5, 5.41) is 0. The van der Waals surface area contributed by atoms with Crippen LogP contribution in [-0.2, 0) is 23.8 Å². The molecule has 0 aromatic carbocycles. The molecule has 0 aromatic heterocycles. The van der Waals surface area contributed by atoms with Crippen LogP contribution in [0.2, 0.25) is 0 Å². The average molecular weight is 513 g/mol. The molecule has 206 valence electrons. The summed E-state index contributed by atoms with van der Waals surface area (Å²) in [5.74, 6) is 1.10. The third kappa shape index (κ3) is 2.58. The van der Waals surface area contributed by atoms with E-state index in [4.69, 9.17) is 14.2 Å². The molecule has 7 rings (SSSR count). The summed E-state index contributed by atoms with van der Waals surface area (Å²) < 4.78 is 19.6. The number of ether oxygens (including phenoxy) is 3. The molecule has 5 nitrogen and oxygen atoms in total. The first-order valence-corrected chi connectivity index (χ1v) is 15.2. The Hall–Kier alpha value is -1.10. The lowest BCUT2D eigenvalue weighted by Gasteiger charge is -2.72. The Kier molecular flexibility index (Phi) is 4.57. The Bertz CT molecular complexity index is 1080. The van der Waals surface area contributed by atoms with Crippen LogP contribution in [0, 0.1) is 50.2 Å².